The first kappa shape index (κ1) is 21.3. The number of hydrogen-bond donors (Lipinski definition) is 1. The van der Waals surface area contributed by atoms with E-state index in [-0.39, 0.29) is 11.1 Å². The summed E-state index contributed by atoms with van der Waals surface area (Å²) >= 11 is 0. The van der Waals surface area contributed by atoms with Crippen molar-refractivity contribution in [2.45, 2.75) is 70.9 Å². The molecule has 1 aliphatic rings. The number of unbranched alkanes of at least 4 members (excludes halogenated alkanes) is 3. The van der Waals surface area contributed by atoms with Crippen molar-refractivity contribution in [3.05, 3.63) is 12.8 Å². The van der Waals surface area contributed by atoms with Crippen LogP contribution < -0.4 is 5.32 Å². The van der Waals surface area contributed by atoms with Crippen LogP contribution in [0.5, 0.6) is 0 Å². The number of hydrogen-bond acceptors (Lipinski definition) is 5. The third-order valence-electron chi connectivity index (χ3n) is 2.99. The maximum Gasteiger partial charge on any atom is 0.209 e. The summed E-state index contributed by atoms with van der Waals surface area (Å²) in [5.41, 5.74) is 0.458. The predicted octanol–water partition coefficient (Wildman–Crippen LogP) is 1.85. The molecular weight excluding hydrogens is 322 g/mol. The van der Waals surface area contributed by atoms with E-state index in [9.17, 15) is 16.8 Å². The third kappa shape index (κ3) is 13.0. The summed E-state index contributed by atoms with van der Waals surface area (Å²) in [5.74, 6) is 0. The minimum atomic E-state index is -2.09. The smallest absolute Gasteiger partial charge is 0.209 e. The van der Waals surface area contributed by atoms with Crippen molar-refractivity contribution in [3.8, 4) is 0 Å². The van der Waals surface area contributed by atoms with Crippen LogP contribution in [0.2, 0.25) is 0 Å². The molecule has 0 spiro atoms. The standard InChI is InChI=1S/C9H17N.C6H10O4S2/c1-8(2)6-5-7-9(3,4)10-8;7-11(8)5-3-1-2-4-6-12(9)10/h5-6,10H,7H2,1-4H3;5-6H,1-4H2. The van der Waals surface area contributed by atoms with E-state index in [1.54, 1.807) is 0 Å². The highest BCUT2D eigenvalue weighted by Gasteiger charge is 2.31. The van der Waals surface area contributed by atoms with Crippen molar-refractivity contribution in [2.75, 3.05) is 0 Å². The number of piperidine rings is 1. The molecule has 0 atom stereocenters. The third-order valence-corrected chi connectivity index (χ3v) is 4.01. The van der Waals surface area contributed by atoms with Crippen LogP contribution in [-0.4, -0.2) is 38.6 Å². The lowest BCUT2D eigenvalue weighted by atomic mass is 9.83. The van der Waals surface area contributed by atoms with Crippen molar-refractivity contribution in [3.63, 3.8) is 0 Å². The Morgan fingerprint density at radius 2 is 1.41 bits per heavy atom. The average Bonchev–Trinajstić information content (AvgIpc) is 2.30. The van der Waals surface area contributed by atoms with E-state index in [2.05, 4.69) is 45.9 Å². The zero-order valence-corrected chi connectivity index (χ0v) is 15.4. The van der Waals surface area contributed by atoms with Crippen molar-refractivity contribution >= 4 is 31.3 Å². The summed E-state index contributed by atoms with van der Waals surface area (Å²) < 4.78 is 39.9. The van der Waals surface area contributed by atoms with Crippen LogP contribution in [-0.2, 0) is 20.6 Å². The Morgan fingerprint density at radius 1 is 0.955 bits per heavy atom. The van der Waals surface area contributed by atoms with E-state index in [0.29, 0.717) is 25.7 Å². The van der Waals surface area contributed by atoms with Gasteiger partial charge in [-0.2, -0.15) is 16.8 Å². The summed E-state index contributed by atoms with van der Waals surface area (Å²) in [5, 5.41) is 5.89. The van der Waals surface area contributed by atoms with Gasteiger partial charge in [0.05, 0.1) is 0 Å². The van der Waals surface area contributed by atoms with Crippen molar-refractivity contribution < 1.29 is 16.8 Å². The van der Waals surface area contributed by atoms with Crippen LogP contribution in [0.1, 0.15) is 59.8 Å². The van der Waals surface area contributed by atoms with Gasteiger partial charge in [-0.15, -0.1) is 0 Å². The van der Waals surface area contributed by atoms with E-state index < -0.39 is 20.6 Å². The highest BCUT2D eigenvalue weighted by Crippen LogP contribution is 2.25. The molecule has 0 saturated carbocycles. The Bertz CT molecular complexity index is 519. The maximum absolute atomic E-state index is 9.98. The van der Waals surface area contributed by atoms with Gasteiger partial charge in [-0.25, -0.2) is 0 Å². The monoisotopic (exact) mass is 349 g/mol. The molecule has 1 saturated heterocycles. The van der Waals surface area contributed by atoms with E-state index in [1.165, 1.54) is 10.7 Å². The molecule has 1 N–H and O–H groups in total. The van der Waals surface area contributed by atoms with Gasteiger partial charge in [0.25, 0.3) is 0 Å². The van der Waals surface area contributed by atoms with Gasteiger partial charge in [-0.05, 0) is 72.6 Å². The molecule has 1 aliphatic heterocycles. The first-order chi connectivity index (χ1) is 10.0. The Balaban J connectivity index is 0.000000406. The predicted molar refractivity (Wildman–Crippen MR) is 92.9 cm³/mol. The molecule has 1 fully saturated rings. The highest BCUT2D eigenvalue weighted by atomic mass is 32.2. The molecule has 0 amide bonds. The fraction of sp³-hybridized carbons (Fsp3) is 0.733. The lowest BCUT2D eigenvalue weighted by molar-refractivity contribution is 0.262. The van der Waals surface area contributed by atoms with Crippen LogP contribution in [0, 0.1) is 12.8 Å². The highest BCUT2D eigenvalue weighted by molar-refractivity contribution is 7.71. The molecule has 128 valence electrons. The van der Waals surface area contributed by atoms with Gasteiger partial charge in [0.15, 0.2) is 0 Å². The molecular formula is C15H27NO4S2. The van der Waals surface area contributed by atoms with Gasteiger partial charge in [0.1, 0.15) is 0 Å². The van der Waals surface area contributed by atoms with E-state index in [1.807, 2.05) is 0 Å². The summed E-state index contributed by atoms with van der Waals surface area (Å²) in [4.78, 5) is 0. The largest absolute Gasteiger partial charge is 0.307 e. The second-order valence-electron chi connectivity index (χ2n) is 6.48. The van der Waals surface area contributed by atoms with E-state index in [0.717, 1.165) is 6.42 Å². The topological polar surface area (TPSA) is 80.3 Å². The second-order valence-corrected chi connectivity index (χ2v) is 8.18. The Morgan fingerprint density at radius 3 is 1.68 bits per heavy atom. The summed E-state index contributed by atoms with van der Waals surface area (Å²) in [6.07, 6.45) is 7.99. The Hall–Kier alpha value is -0.660. The van der Waals surface area contributed by atoms with Gasteiger partial charge >= 0.3 is 0 Å². The van der Waals surface area contributed by atoms with Crippen LogP contribution in [0.25, 0.3) is 0 Å². The van der Waals surface area contributed by atoms with Crippen LogP contribution >= 0.6 is 0 Å². The van der Waals surface area contributed by atoms with E-state index in [4.69, 9.17) is 0 Å². The molecule has 7 heteroatoms. The van der Waals surface area contributed by atoms with E-state index >= 15 is 0 Å². The average molecular weight is 350 g/mol. The summed E-state index contributed by atoms with van der Waals surface area (Å²) in [6, 6.07) is 0. The molecule has 5 nitrogen and oxygen atoms in total. The summed E-state index contributed by atoms with van der Waals surface area (Å²) in [7, 11) is -4.17. The van der Waals surface area contributed by atoms with Gasteiger partial charge in [-0.3, -0.25) is 0 Å². The SMILES string of the molecule is CC1(C)[CH][CH]CC(C)(C)N1.O=S(=O)=CCCCCC=S(=O)=O. The molecule has 1 rings (SSSR count). The Labute approximate surface area is 137 Å². The fourth-order valence-electron chi connectivity index (χ4n) is 2.26. The molecule has 22 heavy (non-hydrogen) atoms. The molecule has 2 radical (unpaired) electrons. The minimum Gasteiger partial charge on any atom is -0.307 e. The molecule has 0 aliphatic carbocycles. The first-order valence-corrected chi connectivity index (χ1v) is 9.61. The molecule has 0 aromatic carbocycles. The minimum absolute atomic E-state index is 0.182. The molecule has 0 bridgehead atoms. The molecule has 0 aromatic rings. The van der Waals surface area contributed by atoms with Gasteiger partial charge in [0.2, 0.25) is 20.6 Å². The summed E-state index contributed by atoms with van der Waals surface area (Å²) in [6.45, 7) is 8.87. The lowest BCUT2D eigenvalue weighted by Crippen LogP contribution is -2.55. The number of nitrogens with one attached hydrogen (secondary N) is 1. The van der Waals surface area contributed by atoms with Gasteiger partial charge < -0.3 is 5.32 Å². The first-order valence-electron chi connectivity index (χ1n) is 7.34. The van der Waals surface area contributed by atoms with Crippen molar-refractivity contribution in [1.29, 1.82) is 0 Å². The molecule has 0 unspecified atom stereocenters. The number of rotatable bonds is 5. The van der Waals surface area contributed by atoms with Crippen LogP contribution in [0.3, 0.4) is 0 Å². The fourth-order valence-corrected chi connectivity index (χ4v) is 2.98. The van der Waals surface area contributed by atoms with Gasteiger partial charge in [-0.1, -0.05) is 0 Å². The van der Waals surface area contributed by atoms with Crippen molar-refractivity contribution in [1.82, 2.24) is 5.32 Å². The second kappa shape index (κ2) is 10.2. The lowest BCUT2D eigenvalue weighted by Gasteiger charge is -2.42. The quantitative estimate of drug-likeness (QED) is 0.605. The van der Waals surface area contributed by atoms with Crippen molar-refractivity contribution in [2.24, 2.45) is 0 Å². The van der Waals surface area contributed by atoms with Crippen LogP contribution in [0.15, 0.2) is 0 Å². The zero-order valence-electron chi connectivity index (χ0n) is 13.8. The Kier molecular flexibility index (Phi) is 9.87. The maximum atomic E-state index is 9.98. The van der Waals surface area contributed by atoms with Gasteiger partial charge in [0, 0.05) is 21.8 Å². The molecule has 1 heterocycles. The normalized spacial score (nSPS) is 18.5. The molecule has 0 aromatic heterocycles. The van der Waals surface area contributed by atoms with Crippen LogP contribution in [0.4, 0.5) is 0 Å². The zero-order chi connectivity index (χ0) is 17.2.